The molecule has 0 saturated carbocycles. The van der Waals surface area contributed by atoms with Crippen molar-refractivity contribution in [2.75, 3.05) is 0 Å². The van der Waals surface area contributed by atoms with E-state index in [1.165, 1.54) is 4.68 Å². The third-order valence-electron chi connectivity index (χ3n) is 4.04. The van der Waals surface area contributed by atoms with Crippen molar-refractivity contribution in [1.29, 1.82) is 0 Å². The number of benzene rings is 2. The molecule has 3 aromatic rings. The van der Waals surface area contributed by atoms with E-state index in [1.807, 2.05) is 0 Å². The van der Waals surface area contributed by atoms with E-state index in [1.54, 1.807) is 56.3 Å². The summed E-state index contributed by atoms with van der Waals surface area (Å²) in [6.07, 6.45) is 0. The van der Waals surface area contributed by atoms with E-state index in [4.69, 9.17) is 23.2 Å². The van der Waals surface area contributed by atoms with Crippen molar-refractivity contribution in [2.24, 2.45) is 5.10 Å². The molecule has 0 aliphatic rings. The number of rotatable bonds is 4. The van der Waals surface area contributed by atoms with Crippen LogP contribution in [0.3, 0.4) is 0 Å². The van der Waals surface area contributed by atoms with Gasteiger partial charge in [0, 0.05) is 11.9 Å². The number of carbonyl (C=O) groups is 1. The minimum atomic E-state index is -0.507. The number of hydrogen-bond acceptors (Lipinski definition) is 4. The minimum Gasteiger partial charge on any atom is -0.267 e. The SMILES string of the molecule is CCn1nc(C(=O)N/N=C(/C)c2ccc(Cl)c(Cl)c2)c2ccccc2c1=O. The Hall–Kier alpha value is -2.70. The van der Waals surface area contributed by atoms with Crippen molar-refractivity contribution < 1.29 is 4.79 Å². The van der Waals surface area contributed by atoms with Crippen molar-refractivity contribution in [3.63, 3.8) is 0 Å². The van der Waals surface area contributed by atoms with Gasteiger partial charge in [-0.2, -0.15) is 10.2 Å². The van der Waals surface area contributed by atoms with E-state index in [-0.39, 0.29) is 11.3 Å². The maximum atomic E-state index is 12.7. The molecule has 27 heavy (non-hydrogen) atoms. The van der Waals surface area contributed by atoms with Gasteiger partial charge in [-0.15, -0.1) is 0 Å². The van der Waals surface area contributed by atoms with Crippen LogP contribution in [0.1, 0.15) is 29.9 Å². The third kappa shape index (κ3) is 3.86. The molecular formula is C19H16Cl2N4O2. The van der Waals surface area contributed by atoms with Crippen molar-refractivity contribution in [2.45, 2.75) is 20.4 Å². The Bertz CT molecular complexity index is 1120. The van der Waals surface area contributed by atoms with Gasteiger partial charge < -0.3 is 0 Å². The summed E-state index contributed by atoms with van der Waals surface area (Å²) in [4.78, 5) is 25.0. The van der Waals surface area contributed by atoms with Crippen molar-refractivity contribution in [3.05, 3.63) is 74.1 Å². The van der Waals surface area contributed by atoms with Gasteiger partial charge in [0.25, 0.3) is 11.5 Å². The fourth-order valence-corrected chi connectivity index (χ4v) is 2.89. The van der Waals surface area contributed by atoms with Crippen molar-refractivity contribution in [1.82, 2.24) is 15.2 Å². The van der Waals surface area contributed by atoms with Crippen LogP contribution in [0, 0.1) is 0 Å². The van der Waals surface area contributed by atoms with Crippen LogP contribution < -0.4 is 11.0 Å². The summed E-state index contributed by atoms with van der Waals surface area (Å²) in [6, 6.07) is 11.9. The predicted octanol–water partition coefficient (Wildman–Crippen LogP) is 3.88. The lowest BCUT2D eigenvalue weighted by Crippen LogP contribution is -2.28. The van der Waals surface area contributed by atoms with E-state index in [2.05, 4.69) is 15.6 Å². The molecule has 2 aromatic carbocycles. The predicted molar refractivity (Wildman–Crippen MR) is 108 cm³/mol. The molecule has 1 amide bonds. The van der Waals surface area contributed by atoms with Crippen LogP contribution in [-0.4, -0.2) is 21.4 Å². The van der Waals surface area contributed by atoms with Gasteiger partial charge in [-0.1, -0.05) is 47.5 Å². The van der Waals surface area contributed by atoms with Gasteiger partial charge in [0.05, 0.1) is 21.1 Å². The molecule has 1 N–H and O–H groups in total. The zero-order valence-electron chi connectivity index (χ0n) is 14.7. The number of nitrogens with one attached hydrogen (secondary N) is 1. The summed E-state index contributed by atoms with van der Waals surface area (Å²) in [7, 11) is 0. The molecule has 8 heteroatoms. The Kier molecular flexibility index (Phi) is 5.58. The van der Waals surface area contributed by atoms with Gasteiger partial charge in [0.15, 0.2) is 5.69 Å². The summed E-state index contributed by atoms with van der Waals surface area (Å²) in [5.74, 6) is -0.507. The third-order valence-corrected chi connectivity index (χ3v) is 4.78. The molecule has 0 unspecified atom stereocenters. The monoisotopic (exact) mass is 402 g/mol. The number of fused-ring (bicyclic) bond motifs is 1. The first kappa shape index (κ1) is 19.1. The Morgan fingerprint density at radius 2 is 1.85 bits per heavy atom. The standard InChI is InChI=1S/C19H16Cl2N4O2/c1-3-25-19(27)14-7-5-4-6-13(14)17(24-25)18(26)23-22-11(2)12-8-9-15(20)16(21)10-12/h4-10H,3H2,1-2H3,(H,23,26)/b22-11-. The molecule has 0 radical (unpaired) electrons. The Balaban J connectivity index is 1.95. The summed E-state index contributed by atoms with van der Waals surface area (Å²) in [6.45, 7) is 3.88. The van der Waals surface area contributed by atoms with Crippen LogP contribution >= 0.6 is 23.2 Å². The molecule has 0 fully saturated rings. The highest BCUT2D eigenvalue weighted by molar-refractivity contribution is 6.42. The van der Waals surface area contributed by atoms with Crippen LogP contribution in [0.25, 0.3) is 10.8 Å². The number of carbonyl (C=O) groups excluding carboxylic acids is 1. The van der Waals surface area contributed by atoms with Gasteiger partial charge in [0.1, 0.15) is 0 Å². The fourth-order valence-electron chi connectivity index (χ4n) is 2.59. The molecule has 0 aliphatic carbocycles. The van der Waals surface area contributed by atoms with E-state index in [9.17, 15) is 9.59 Å². The van der Waals surface area contributed by atoms with Gasteiger partial charge in [-0.05, 0) is 37.6 Å². The smallest absolute Gasteiger partial charge is 0.267 e. The molecule has 0 saturated heterocycles. The maximum absolute atomic E-state index is 12.7. The Morgan fingerprint density at radius 3 is 2.52 bits per heavy atom. The van der Waals surface area contributed by atoms with E-state index in [0.717, 1.165) is 5.56 Å². The van der Waals surface area contributed by atoms with Crippen LogP contribution in [0.15, 0.2) is 52.4 Å². The Labute approximate surface area is 165 Å². The van der Waals surface area contributed by atoms with Gasteiger partial charge >= 0.3 is 0 Å². The Morgan fingerprint density at radius 1 is 1.15 bits per heavy atom. The lowest BCUT2D eigenvalue weighted by molar-refractivity contribution is 0.0949. The normalized spacial score (nSPS) is 11.6. The number of hydrogen-bond donors (Lipinski definition) is 1. The maximum Gasteiger partial charge on any atom is 0.292 e. The van der Waals surface area contributed by atoms with E-state index in [0.29, 0.717) is 33.1 Å². The number of aromatic nitrogens is 2. The van der Waals surface area contributed by atoms with E-state index < -0.39 is 5.91 Å². The van der Waals surface area contributed by atoms with Crippen LogP contribution in [0.2, 0.25) is 10.0 Å². The molecular weight excluding hydrogens is 387 g/mol. The second kappa shape index (κ2) is 7.90. The zero-order valence-corrected chi connectivity index (χ0v) is 16.2. The molecule has 0 atom stereocenters. The first-order valence-electron chi connectivity index (χ1n) is 8.22. The number of halogens is 2. The highest BCUT2D eigenvalue weighted by atomic mass is 35.5. The highest BCUT2D eigenvalue weighted by Gasteiger charge is 2.16. The largest absolute Gasteiger partial charge is 0.292 e. The topological polar surface area (TPSA) is 76.3 Å². The quantitative estimate of drug-likeness (QED) is 0.531. The summed E-state index contributed by atoms with van der Waals surface area (Å²) in [5.41, 5.74) is 3.66. The van der Waals surface area contributed by atoms with E-state index >= 15 is 0 Å². The highest BCUT2D eigenvalue weighted by Crippen LogP contribution is 2.22. The molecule has 6 nitrogen and oxygen atoms in total. The number of amides is 1. The summed E-state index contributed by atoms with van der Waals surface area (Å²) >= 11 is 11.9. The number of aryl methyl sites for hydroxylation is 1. The number of nitrogens with zero attached hydrogens (tertiary/aromatic N) is 3. The molecule has 0 spiro atoms. The molecule has 1 heterocycles. The average Bonchev–Trinajstić information content (AvgIpc) is 2.68. The first-order chi connectivity index (χ1) is 12.9. The van der Waals surface area contributed by atoms with Gasteiger partial charge in [-0.25, -0.2) is 10.1 Å². The summed E-state index contributed by atoms with van der Waals surface area (Å²) in [5, 5.41) is 10.0. The second-order valence-corrected chi connectivity index (χ2v) is 6.60. The van der Waals surface area contributed by atoms with Crippen LogP contribution in [-0.2, 0) is 6.54 Å². The van der Waals surface area contributed by atoms with Crippen LogP contribution in [0.4, 0.5) is 0 Å². The number of hydrazone groups is 1. The molecule has 3 rings (SSSR count). The average molecular weight is 403 g/mol. The van der Waals surface area contributed by atoms with Gasteiger partial charge in [-0.3, -0.25) is 9.59 Å². The second-order valence-electron chi connectivity index (χ2n) is 5.78. The fraction of sp³-hybridized carbons (Fsp3) is 0.158. The molecule has 138 valence electrons. The zero-order chi connectivity index (χ0) is 19.6. The lowest BCUT2D eigenvalue weighted by Gasteiger charge is -2.09. The van der Waals surface area contributed by atoms with Gasteiger partial charge in [0.2, 0.25) is 0 Å². The molecule has 0 bridgehead atoms. The van der Waals surface area contributed by atoms with Crippen molar-refractivity contribution in [3.8, 4) is 0 Å². The molecule has 0 aliphatic heterocycles. The molecule has 1 aromatic heterocycles. The lowest BCUT2D eigenvalue weighted by atomic mass is 10.1. The first-order valence-corrected chi connectivity index (χ1v) is 8.98. The van der Waals surface area contributed by atoms with Crippen molar-refractivity contribution >= 4 is 45.6 Å². The minimum absolute atomic E-state index is 0.137. The summed E-state index contributed by atoms with van der Waals surface area (Å²) < 4.78 is 1.26. The van der Waals surface area contributed by atoms with Crippen LogP contribution in [0.5, 0.6) is 0 Å².